The fourth-order valence-electron chi connectivity index (χ4n) is 3.00. The molecule has 0 aliphatic heterocycles. The molecule has 3 N–H and O–H groups in total. The summed E-state index contributed by atoms with van der Waals surface area (Å²) < 4.78 is 10.5. The van der Waals surface area contributed by atoms with E-state index >= 15 is 0 Å². The van der Waals surface area contributed by atoms with Crippen molar-refractivity contribution in [2.45, 2.75) is 6.54 Å². The lowest BCUT2D eigenvalue weighted by Crippen LogP contribution is -2.38. The van der Waals surface area contributed by atoms with Crippen LogP contribution in [0.15, 0.2) is 53.3 Å². The van der Waals surface area contributed by atoms with E-state index in [-0.39, 0.29) is 25.3 Å². The average Bonchev–Trinajstić information content (AvgIpc) is 2.73. The smallest absolute Gasteiger partial charge is 0.322 e. The molecule has 0 spiro atoms. The normalized spacial score (nSPS) is 10.6. The Kier molecular flexibility index (Phi) is 6.36. The molecule has 0 saturated carbocycles. The molecule has 1 heterocycles. The van der Waals surface area contributed by atoms with E-state index in [9.17, 15) is 14.7 Å². The third-order valence-electron chi connectivity index (χ3n) is 4.50. The number of methoxy groups -OCH3 is 2. The van der Waals surface area contributed by atoms with Gasteiger partial charge in [0, 0.05) is 23.0 Å². The predicted molar refractivity (Wildman–Crippen MR) is 111 cm³/mol. The average molecular weight is 397 g/mol. The topological polar surface area (TPSA) is 104 Å². The van der Waals surface area contributed by atoms with E-state index in [1.807, 2.05) is 0 Å². The second-order valence-electron chi connectivity index (χ2n) is 6.35. The van der Waals surface area contributed by atoms with Crippen LogP contribution in [0.25, 0.3) is 10.9 Å². The van der Waals surface area contributed by atoms with Crippen LogP contribution < -0.4 is 20.3 Å². The number of hydrogen-bond acceptors (Lipinski definition) is 5. The number of aliphatic hydroxyl groups is 1. The van der Waals surface area contributed by atoms with E-state index in [0.29, 0.717) is 28.3 Å². The third kappa shape index (κ3) is 4.67. The van der Waals surface area contributed by atoms with Crippen LogP contribution in [0, 0.1) is 0 Å². The van der Waals surface area contributed by atoms with Crippen LogP contribution in [-0.2, 0) is 6.54 Å². The molecule has 0 bridgehead atoms. The van der Waals surface area contributed by atoms with Gasteiger partial charge in [0.15, 0.2) is 0 Å². The van der Waals surface area contributed by atoms with Gasteiger partial charge in [-0.15, -0.1) is 0 Å². The van der Waals surface area contributed by atoms with Gasteiger partial charge in [-0.3, -0.25) is 4.79 Å². The Morgan fingerprint density at radius 2 is 1.93 bits per heavy atom. The largest absolute Gasteiger partial charge is 0.497 e. The van der Waals surface area contributed by atoms with Crippen LogP contribution in [-0.4, -0.2) is 48.4 Å². The number of nitrogens with zero attached hydrogens (tertiary/aromatic N) is 1. The van der Waals surface area contributed by atoms with Gasteiger partial charge in [-0.05, 0) is 36.4 Å². The molecule has 1 aromatic heterocycles. The predicted octanol–water partition coefficient (Wildman–Crippen LogP) is 2.57. The van der Waals surface area contributed by atoms with E-state index in [1.54, 1.807) is 55.6 Å². The van der Waals surface area contributed by atoms with Gasteiger partial charge in [-0.2, -0.15) is 0 Å². The lowest BCUT2D eigenvalue weighted by Gasteiger charge is -2.22. The van der Waals surface area contributed by atoms with Crippen LogP contribution in [0.5, 0.6) is 11.5 Å². The zero-order valence-corrected chi connectivity index (χ0v) is 16.3. The van der Waals surface area contributed by atoms with Crippen LogP contribution in [0.1, 0.15) is 5.56 Å². The number of H-pyrrole nitrogens is 1. The number of para-hydroxylation sites is 2. The molecule has 0 unspecified atom stereocenters. The van der Waals surface area contributed by atoms with Crippen molar-refractivity contribution in [3.05, 3.63) is 64.4 Å². The standard InChI is InChI=1S/C21H23N3O5/c1-28-16-7-8-17-14(12-16)11-15(20(26)22-17)13-24(9-10-25)21(27)23-18-5-3-4-6-19(18)29-2/h3-8,11-12,25H,9-10,13H2,1-2H3,(H,22,26)(H,23,27). The summed E-state index contributed by atoms with van der Waals surface area (Å²) in [6.07, 6.45) is 0. The van der Waals surface area contributed by atoms with Gasteiger partial charge < -0.3 is 29.8 Å². The summed E-state index contributed by atoms with van der Waals surface area (Å²) >= 11 is 0. The van der Waals surface area contributed by atoms with Crippen LogP contribution in [0.2, 0.25) is 0 Å². The minimum absolute atomic E-state index is 0.0318. The van der Waals surface area contributed by atoms with E-state index in [2.05, 4.69) is 10.3 Å². The maximum Gasteiger partial charge on any atom is 0.322 e. The quantitative estimate of drug-likeness (QED) is 0.568. The number of aromatic amines is 1. The highest BCUT2D eigenvalue weighted by atomic mass is 16.5. The highest BCUT2D eigenvalue weighted by Gasteiger charge is 2.17. The van der Waals surface area contributed by atoms with Gasteiger partial charge in [-0.1, -0.05) is 12.1 Å². The first-order valence-corrected chi connectivity index (χ1v) is 9.05. The maximum atomic E-state index is 12.8. The van der Waals surface area contributed by atoms with Crippen molar-refractivity contribution in [2.24, 2.45) is 0 Å². The van der Waals surface area contributed by atoms with Gasteiger partial charge in [0.2, 0.25) is 0 Å². The molecule has 152 valence electrons. The van der Waals surface area contributed by atoms with Crippen LogP contribution in [0.4, 0.5) is 10.5 Å². The van der Waals surface area contributed by atoms with Crippen molar-refractivity contribution in [3.63, 3.8) is 0 Å². The minimum atomic E-state index is -0.450. The summed E-state index contributed by atoms with van der Waals surface area (Å²) in [5.74, 6) is 1.18. The molecule has 3 rings (SSSR count). The first-order chi connectivity index (χ1) is 14.0. The summed E-state index contributed by atoms with van der Waals surface area (Å²) in [6, 6.07) is 13.6. The summed E-state index contributed by atoms with van der Waals surface area (Å²) in [7, 11) is 3.08. The Morgan fingerprint density at radius 3 is 2.66 bits per heavy atom. The first kappa shape index (κ1) is 20.2. The van der Waals surface area contributed by atoms with Gasteiger partial charge in [0.1, 0.15) is 11.5 Å². The van der Waals surface area contributed by atoms with Crippen molar-refractivity contribution in [1.82, 2.24) is 9.88 Å². The Hall–Kier alpha value is -3.52. The Balaban J connectivity index is 1.87. The van der Waals surface area contributed by atoms with E-state index < -0.39 is 6.03 Å². The minimum Gasteiger partial charge on any atom is -0.497 e. The highest BCUT2D eigenvalue weighted by Crippen LogP contribution is 2.24. The molecule has 3 aromatic rings. The van der Waals surface area contributed by atoms with Crippen LogP contribution in [0.3, 0.4) is 0 Å². The number of rotatable bonds is 7. The van der Waals surface area contributed by atoms with Crippen molar-refractivity contribution < 1.29 is 19.4 Å². The van der Waals surface area contributed by atoms with E-state index in [4.69, 9.17) is 9.47 Å². The zero-order valence-electron chi connectivity index (χ0n) is 16.3. The SMILES string of the molecule is COc1ccc2[nH]c(=O)c(CN(CCO)C(=O)Nc3ccccc3OC)cc2c1. The molecule has 0 saturated heterocycles. The summed E-state index contributed by atoms with van der Waals surface area (Å²) in [5, 5.41) is 12.9. The lowest BCUT2D eigenvalue weighted by atomic mass is 10.1. The summed E-state index contributed by atoms with van der Waals surface area (Å²) in [6.45, 7) is -0.140. The number of carbonyl (C=O) groups excluding carboxylic acids is 1. The molecule has 0 aliphatic carbocycles. The highest BCUT2D eigenvalue weighted by molar-refractivity contribution is 5.91. The molecule has 2 aromatic carbocycles. The molecular formula is C21H23N3O5. The van der Waals surface area contributed by atoms with Crippen LogP contribution >= 0.6 is 0 Å². The second-order valence-corrected chi connectivity index (χ2v) is 6.35. The number of nitrogens with one attached hydrogen (secondary N) is 2. The Labute approximate surface area is 167 Å². The number of amides is 2. The number of urea groups is 1. The maximum absolute atomic E-state index is 12.8. The van der Waals surface area contributed by atoms with E-state index in [1.165, 1.54) is 12.0 Å². The Morgan fingerprint density at radius 1 is 1.14 bits per heavy atom. The van der Waals surface area contributed by atoms with Crippen molar-refractivity contribution in [2.75, 3.05) is 32.7 Å². The molecule has 0 fully saturated rings. The fraction of sp³-hybridized carbons (Fsp3) is 0.238. The van der Waals surface area contributed by atoms with Gasteiger partial charge in [-0.25, -0.2) is 4.79 Å². The molecule has 0 aliphatic rings. The summed E-state index contributed by atoms with van der Waals surface area (Å²) in [5.41, 5.74) is 1.27. The second kappa shape index (κ2) is 9.11. The molecular weight excluding hydrogens is 374 g/mol. The number of benzene rings is 2. The molecule has 0 atom stereocenters. The molecule has 0 radical (unpaired) electrons. The Bertz CT molecular complexity index is 1060. The molecule has 8 nitrogen and oxygen atoms in total. The third-order valence-corrected chi connectivity index (χ3v) is 4.50. The first-order valence-electron chi connectivity index (χ1n) is 9.05. The van der Waals surface area contributed by atoms with Gasteiger partial charge >= 0.3 is 6.03 Å². The number of fused-ring (bicyclic) bond motifs is 1. The monoisotopic (exact) mass is 397 g/mol. The number of hydrogen-bond donors (Lipinski definition) is 3. The number of aliphatic hydroxyl groups excluding tert-OH is 1. The lowest BCUT2D eigenvalue weighted by molar-refractivity contribution is 0.185. The number of anilines is 1. The number of carbonyl (C=O) groups is 1. The van der Waals surface area contributed by atoms with Gasteiger partial charge in [0.05, 0.1) is 33.1 Å². The van der Waals surface area contributed by atoms with Gasteiger partial charge in [0.25, 0.3) is 5.56 Å². The molecule has 8 heteroatoms. The summed E-state index contributed by atoms with van der Waals surface area (Å²) in [4.78, 5) is 29.4. The zero-order chi connectivity index (χ0) is 20.8. The fourth-order valence-corrected chi connectivity index (χ4v) is 3.00. The number of aromatic nitrogens is 1. The molecule has 29 heavy (non-hydrogen) atoms. The molecule has 2 amide bonds. The van der Waals surface area contributed by atoms with Crippen molar-refractivity contribution in [3.8, 4) is 11.5 Å². The van der Waals surface area contributed by atoms with E-state index in [0.717, 1.165) is 5.39 Å². The van der Waals surface area contributed by atoms with Crippen molar-refractivity contribution in [1.29, 1.82) is 0 Å². The number of pyridine rings is 1. The van der Waals surface area contributed by atoms with Crippen molar-refractivity contribution >= 4 is 22.6 Å². The number of ether oxygens (including phenoxy) is 2.